The van der Waals surface area contributed by atoms with Crippen LogP contribution in [0, 0.1) is 17.3 Å². The lowest BCUT2D eigenvalue weighted by Gasteiger charge is -2.42. The van der Waals surface area contributed by atoms with Gasteiger partial charge in [0.15, 0.2) is 0 Å². The summed E-state index contributed by atoms with van der Waals surface area (Å²) >= 11 is 0. The third kappa shape index (κ3) is 9.39. The molecule has 0 aliphatic carbocycles. The molecule has 0 unspecified atom stereocenters. The predicted molar refractivity (Wildman–Crippen MR) is 108 cm³/mol. The highest BCUT2D eigenvalue weighted by Gasteiger charge is 2.32. The number of rotatable bonds is 12. The Hall–Kier alpha value is -0.120. The van der Waals surface area contributed by atoms with Crippen LogP contribution in [0.4, 0.5) is 0 Å². The fourth-order valence-corrected chi connectivity index (χ4v) is 4.23. The third-order valence-electron chi connectivity index (χ3n) is 5.63. The Morgan fingerprint density at radius 3 is 2.25 bits per heavy atom. The highest BCUT2D eigenvalue weighted by molar-refractivity contribution is 4.85. The third-order valence-corrected chi connectivity index (χ3v) is 5.63. The fourth-order valence-electron chi connectivity index (χ4n) is 4.23. The van der Waals surface area contributed by atoms with Gasteiger partial charge in [-0.1, -0.05) is 27.7 Å². The van der Waals surface area contributed by atoms with Crippen molar-refractivity contribution < 1.29 is 0 Å². The van der Waals surface area contributed by atoms with Gasteiger partial charge in [0.05, 0.1) is 0 Å². The Morgan fingerprint density at radius 2 is 1.67 bits per heavy atom. The largest absolute Gasteiger partial charge is 0.317 e. The van der Waals surface area contributed by atoms with Gasteiger partial charge in [0, 0.05) is 6.54 Å². The summed E-state index contributed by atoms with van der Waals surface area (Å²) in [5.41, 5.74) is 0.454. The van der Waals surface area contributed by atoms with E-state index >= 15 is 0 Å². The number of piperidine rings is 1. The number of nitrogens with zero attached hydrogens (tertiary/aromatic N) is 2. The molecule has 3 nitrogen and oxygen atoms in total. The minimum Gasteiger partial charge on any atom is -0.317 e. The van der Waals surface area contributed by atoms with Crippen molar-refractivity contribution in [2.45, 2.75) is 66.2 Å². The van der Waals surface area contributed by atoms with E-state index in [-0.39, 0.29) is 0 Å². The molecule has 0 amide bonds. The van der Waals surface area contributed by atoms with Crippen LogP contribution >= 0.6 is 0 Å². The van der Waals surface area contributed by atoms with E-state index in [0.29, 0.717) is 5.41 Å². The Bertz CT molecular complexity index is 304. The van der Waals surface area contributed by atoms with Crippen molar-refractivity contribution in [1.82, 2.24) is 15.1 Å². The monoisotopic (exact) mass is 339 g/mol. The normalized spacial score (nSPS) is 18.0. The first kappa shape index (κ1) is 21.9. The predicted octanol–water partition coefficient (Wildman–Crippen LogP) is 4.09. The van der Waals surface area contributed by atoms with Gasteiger partial charge in [-0.15, -0.1) is 0 Å². The zero-order valence-electron chi connectivity index (χ0n) is 17.5. The zero-order valence-corrected chi connectivity index (χ0v) is 17.5. The van der Waals surface area contributed by atoms with Gasteiger partial charge in [-0.05, 0) is 103 Å². The van der Waals surface area contributed by atoms with Gasteiger partial charge in [0.2, 0.25) is 0 Å². The van der Waals surface area contributed by atoms with Crippen molar-refractivity contribution in [3.05, 3.63) is 0 Å². The molecule has 0 radical (unpaired) electrons. The molecule has 1 aliphatic rings. The maximum Gasteiger partial charge on any atom is 0.00293 e. The van der Waals surface area contributed by atoms with Crippen LogP contribution in [-0.4, -0.2) is 63.2 Å². The second kappa shape index (κ2) is 11.5. The van der Waals surface area contributed by atoms with E-state index in [1.807, 2.05) is 0 Å². The van der Waals surface area contributed by atoms with Crippen molar-refractivity contribution in [1.29, 1.82) is 0 Å². The molecular weight excluding hydrogens is 294 g/mol. The van der Waals surface area contributed by atoms with Crippen LogP contribution in [0.25, 0.3) is 0 Å². The maximum absolute atomic E-state index is 3.60. The summed E-state index contributed by atoms with van der Waals surface area (Å²) in [6, 6.07) is 0. The summed E-state index contributed by atoms with van der Waals surface area (Å²) in [5, 5.41) is 3.60. The summed E-state index contributed by atoms with van der Waals surface area (Å²) in [4.78, 5) is 5.04. The van der Waals surface area contributed by atoms with Gasteiger partial charge in [0.1, 0.15) is 0 Å². The van der Waals surface area contributed by atoms with Crippen LogP contribution in [-0.2, 0) is 0 Å². The second-order valence-electron chi connectivity index (χ2n) is 9.34. The van der Waals surface area contributed by atoms with Crippen LogP contribution in [0.3, 0.4) is 0 Å². The van der Waals surface area contributed by atoms with Gasteiger partial charge < -0.3 is 15.1 Å². The fraction of sp³-hybridized carbons (Fsp3) is 1.00. The first-order valence-electron chi connectivity index (χ1n) is 10.4. The van der Waals surface area contributed by atoms with Crippen molar-refractivity contribution in [2.75, 3.05) is 53.4 Å². The van der Waals surface area contributed by atoms with Crippen molar-refractivity contribution in [3.63, 3.8) is 0 Å². The van der Waals surface area contributed by atoms with E-state index in [9.17, 15) is 0 Å². The number of hydrogen-bond acceptors (Lipinski definition) is 3. The zero-order chi connectivity index (χ0) is 18.0. The molecule has 1 rings (SSSR count). The smallest absolute Gasteiger partial charge is 0.00293 e. The molecule has 1 aliphatic heterocycles. The van der Waals surface area contributed by atoms with Gasteiger partial charge in [0.25, 0.3) is 0 Å². The molecule has 0 bridgehead atoms. The molecule has 144 valence electrons. The molecule has 1 fully saturated rings. The van der Waals surface area contributed by atoms with Crippen molar-refractivity contribution in [3.8, 4) is 0 Å². The van der Waals surface area contributed by atoms with Crippen molar-refractivity contribution in [2.24, 2.45) is 17.3 Å². The Kier molecular flexibility index (Phi) is 10.5. The lowest BCUT2D eigenvalue weighted by Crippen LogP contribution is -2.43. The van der Waals surface area contributed by atoms with Gasteiger partial charge in [-0.2, -0.15) is 0 Å². The van der Waals surface area contributed by atoms with E-state index in [0.717, 1.165) is 11.8 Å². The Labute approximate surface area is 152 Å². The minimum absolute atomic E-state index is 0.454. The standard InChI is InChI=1S/C21H45N3/c1-19(2)10-9-14-22-13-7-8-15-24-16-11-20(12-17-24)21(3,4)18-23(5)6/h19-20,22H,7-18H2,1-6H3. The van der Waals surface area contributed by atoms with Gasteiger partial charge in [-0.3, -0.25) is 0 Å². The van der Waals surface area contributed by atoms with Crippen molar-refractivity contribution >= 4 is 0 Å². The topological polar surface area (TPSA) is 18.5 Å². The average Bonchev–Trinajstić information content (AvgIpc) is 2.49. The molecule has 0 aromatic carbocycles. The lowest BCUT2D eigenvalue weighted by atomic mass is 9.73. The highest BCUT2D eigenvalue weighted by atomic mass is 15.1. The van der Waals surface area contributed by atoms with E-state index in [2.05, 4.69) is 56.9 Å². The number of hydrogen-bond donors (Lipinski definition) is 1. The minimum atomic E-state index is 0.454. The van der Waals surface area contributed by atoms with E-state index in [4.69, 9.17) is 0 Å². The summed E-state index contributed by atoms with van der Waals surface area (Å²) in [6.45, 7) is 17.1. The summed E-state index contributed by atoms with van der Waals surface area (Å²) in [7, 11) is 4.40. The van der Waals surface area contributed by atoms with Crippen LogP contribution in [0.2, 0.25) is 0 Å². The first-order valence-corrected chi connectivity index (χ1v) is 10.4. The average molecular weight is 340 g/mol. The maximum atomic E-state index is 3.60. The van der Waals surface area contributed by atoms with Crippen LogP contribution in [0.5, 0.6) is 0 Å². The van der Waals surface area contributed by atoms with Crippen LogP contribution < -0.4 is 5.32 Å². The molecule has 24 heavy (non-hydrogen) atoms. The first-order chi connectivity index (χ1) is 11.3. The molecule has 0 atom stereocenters. The molecule has 1 N–H and O–H groups in total. The highest BCUT2D eigenvalue weighted by Crippen LogP contribution is 2.35. The molecule has 0 aromatic heterocycles. The van der Waals surface area contributed by atoms with E-state index < -0.39 is 0 Å². The molecule has 1 heterocycles. The van der Waals surface area contributed by atoms with Crippen LogP contribution in [0.15, 0.2) is 0 Å². The SMILES string of the molecule is CC(C)CCCNCCCCN1CCC(C(C)(C)CN(C)C)CC1. The summed E-state index contributed by atoms with van der Waals surface area (Å²) < 4.78 is 0. The molecular formula is C21H45N3. The molecule has 0 spiro atoms. The number of nitrogens with one attached hydrogen (secondary N) is 1. The van der Waals surface area contributed by atoms with E-state index in [1.54, 1.807) is 0 Å². The second-order valence-corrected chi connectivity index (χ2v) is 9.34. The molecule has 1 saturated heterocycles. The Morgan fingerprint density at radius 1 is 1.04 bits per heavy atom. The molecule has 0 saturated carbocycles. The Balaban J connectivity index is 2.04. The van der Waals surface area contributed by atoms with Gasteiger partial charge in [-0.25, -0.2) is 0 Å². The summed E-state index contributed by atoms with van der Waals surface area (Å²) in [6.07, 6.45) is 8.12. The van der Waals surface area contributed by atoms with E-state index in [1.165, 1.54) is 77.8 Å². The lowest BCUT2D eigenvalue weighted by molar-refractivity contribution is 0.0779. The number of likely N-dealkylation sites (tertiary alicyclic amines) is 1. The molecule has 3 heteroatoms. The number of unbranched alkanes of at least 4 members (excludes halogenated alkanes) is 1. The quantitative estimate of drug-likeness (QED) is 0.540. The molecule has 0 aromatic rings. The van der Waals surface area contributed by atoms with Crippen LogP contribution in [0.1, 0.15) is 66.2 Å². The van der Waals surface area contributed by atoms with Gasteiger partial charge >= 0.3 is 0 Å². The summed E-state index contributed by atoms with van der Waals surface area (Å²) in [5.74, 6) is 1.73.